The lowest BCUT2D eigenvalue weighted by atomic mass is 10.0. The largest absolute Gasteiger partial charge is 0.453 e. The summed E-state index contributed by atoms with van der Waals surface area (Å²) in [5, 5.41) is 0. The molecule has 4 heteroatoms. The van der Waals surface area contributed by atoms with Gasteiger partial charge in [0.05, 0.1) is 0 Å². The van der Waals surface area contributed by atoms with Crippen LogP contribution in [0.15, 0.2) is 12.1 Å². The molecule has 1 aromatic carbocycles. The molecule has 0 heterocycles. The number of hydrogen-bond acceptors (Lipinski definition) is 4. The van der Waals surface area contributed by atoms with Crippen molar-refractivity contribution in [3.63, 3.8) is 0 Å². The number of hydrogen-bond donors (Lipinski definition) is 0. The van der Waals surface area contributed by atoms with Gasteiger partial charge in [-0.1, -0.05) is 29.7 Å². The van der Waals surface area contributed by atoms with Crippen LogP contribution in [0.4, 0.5) is 0 Å². The van der Waals surface area contributed by atoms with Gasteiger partial charge in [0.1, 0.15) is 0 Å². The summed E-state index contributed by atoms with van der Waals surface area (Å²) in [6.45, 7) is 6.73. The molecule has 0 unspecified atom stereocenters. The van der Waals surface area contributed by atoms with Crippen LogP contribution in [0, 0.1) is 37.5 Å². The molecule has 0 N–H and O–H groups in total. The van der Waals surface area contributed by atoms with E-state index in [4.69, 9.17) is 9.47 Å². The number of esters is 2. The summed E-state index contributed by atoms with van der Waals surface area (Å²) in [6.07, 6.45) is 0. The first-order valence-corrected chi connectivity index (χ1v) is 6.76. The second-order valence-corrected chi connectivity index (χ2v) is 4.65. The molecule has 0 aliphatic rings. The molecule has 0 spiro atoms. The molecule has 0 aromatic heterocycles. The summed E-state index contributed by atoms with van der Waals surface area (Å²) in [5.74, 6) is 10.8. The number of carbonyl (C=O) groups is 2. The van der Waals surface area contributed by atoms with E-state index >= 15 is 0 Å². The number of carbonyl (C=O) groups excluding carboxylic acids is 2. The second-order valence-electron chi connectivity index (χ2n) is 4.65. The molecule has 0 radical (unpaired) electrons. The summed E-state index contributed by atoms with van der Waals surface area (Å²) in [4.78, 5) is 21.3. The van der Waals surface area contributed by atoms with Gasteiger partial charge < -0.3 is 9.47 Å². The van der Waals surface area contributed by atoms with Crippen molar-refractivity contribution in [1.29, 1.82) is 0 Å². The highest BCUT2D eigenvalue weighted by atomic mass is 16.5. The van der Waals surface area contributed by atoms with Gasteiger partial charge in [-0.3, -0.25) is 9.59 Å². The monoisotopic (exact) mass is 298 g/mol. The molecular formula is C18H18O4. The van der Waals surface area contributed by atoms with Gasteiger partial charge in [-0.25, -0.2) is 0 Å². The maximum Gasteiger partial charge on any atom is 0.303 e. The lowest BCUT2D eigenvalue weighted by Gasteiger charge is -2.04. The second kappa shape index (κ2) is 8.54. The lowest BCUT2D eigenvalue weighted by Crippen LogP contribution is -1.98. The predicted octanol–water partition coefficient (Wildman–Crippen LogP) is 2.13. The normalized spacial score (nSPS) is 8.91. The van der Waals surface area contributed by atoms with E-state index in [1.165, 1.54) is 13.8 Å². The Morgan fingerprint density at radius 2 is 1.27 bits per heavy atom. The molecule has 22 heavy (non-hydrogen) atoms. The van der Waals surface area contributed by atoms with Gasteiger partial charge in [0, 0.05) is 25.0 Å². The van der Waals surface area contributed by atoms with Crippen molar-refractivity contribution in [3.8, 4) is 23.7 Å². The average molecular weight is 298 g/mol. The Morgan fingerprint density at radius 3 is 1.64 bits per heavy atom. The third-order valence-electron chi connectivity index (χ3n) is 2.71. The van der Waals surface area contributed by atoms with Crippen molar-refractivity contribution in [2.75, 3.05) is 13.2 Å². The van der Waals surface area contributed by atoms with Crippen molar-refractivity contribution in [2.45, 2.75) is 27.7 Å². The fourth-order valence-corrected chi connectivity index (χ4v) is 1.66. The van der Waals surface area contributed by atoms with Gasteiger partial charge in [-0.15, -0.1) is 0 Å². The maximum absolute atomic E-state index is 10.7. The fourth-order valence-electron chi connectivity index (χ4n) is 1.66. The van der Waals surface area contributed by atoms with Crippen molar-refractivity contribution in [2.24, 2.45) is 0 Å². The van der Waals surface area contributed by atoms with E-state index < -0.39 is 0 Å². The van der Waals surface area contributed by atoms with Crippen LogP contribution in [0.1, 0.15) is 36.1 Å². The van der Waals surface area contributed by atoms with E-state index in [1.807, 2.05) is 26.0 Å². The highest BCUT2D eigenvalue weighted by Gasteiger charge is 2.01. The minimum atomic E-state index is -0.355. The molecule has 114 valence electrons. The van der Waals surface area contributed by atoms with E-state index in [2.05, 4.69) is 23.7 Å². The summed E-state index contributed by atoms with van der Waals surface area (Å²) in [5.41, 5.74) is 3.71. The molecule has 0 aliphatic carbocycles. The third-order valence-corrected chi connectivity index (χ3v) is 2.71. The summed E-state index contributed by atoms with van der Waals surface area (Å²) < 4.78 is 9.54. The molecule has 1 aromatic rings. The number of aryl methyl sites for hydroxylation is 2. The van der Waals surface area contributed by atoms with Crippen molar-refractivity contribution in [3.05, 3.63) is 34.4 Å². The minimum absolute atomic E-state index is 0.0656. The zero-order valence-corrected chi connectivity index (χ0v) is 13.2. The smallest absolute Gasteiger partial charge is 0.303 e. The molecule has 1 rings (SSSR count). The van der Waals surface area contributed by atoms with Crippen LogP contribution in [0.25, 0.3) is 0 Å². The van der Waals surface area contributed by atoms with Gasteiger partial charge in [-0.05, 0) is 31.0 Å². The number of ether oxygens (including phenoxy) is 2. The summed E-state index contributed by atoms with van der Waals surface area (Å²) in [6, 6.07) is 3.87. The molecule has 0 bridgehead atoms. The van der Waals surface area contributed by atoms with Crippen LogP contribution >= 0.6 is 0 Å². The Bertz CT molecular complexity index is 636. The van der Waals surface area contributed by atoms with Gasteiger partial charge >= 0.3 is 11.9 Å². The molecule has 0 aliphatic heterocycles. The zero-order valence-electron chi connectivity index (χ0n) is 13.2. The summed E-state index contributed by atoms with van der Waals surface area (Å²) >= 11 is 0. The van der Waals surface area contributed by atoms with Crippen LogP contribution in [0.5, 0.6) is 0 Å². The molecule has 0 saturated heterocycles. The fraction of sp³-hybridized carbons (Fsp3) is 0.333. The van der Waals surface area contributed by atoms with Crippen molar-refractivity contribution >= 4 is 11.9 Å². The highest BCUT2D eigenvalue weighted by Crippen LogP contribution is 2.14. The van der Waals surface area contributed by atoms with E-state index in [9.17, 15) is 9.59 Å². The Balaban J connectivity index is 2.89. The van der Waals surface area contributed by atoms with Gasteiger partial charge in [-0.2, -0.15) is 0 Å². The van der Waals surface area contributed by atoms with Crippen molar-refractivity contribution < 1.29 is 19.1 Å². The topological polar surface area (TPSA) is 52.6 Å². The first-order valence-electron chi connectivity index (χ1n) is 6.76. The van der Waals surface area contributed by atoms with E-state index in [0.29, 0.717) is 0 Å². The highest BCUT2D eigenvalue weighted by molar-refractivity contribution is 5.66. The Labute approximate surface area is 130 Å². The molecular weight excluding hydrogens is 280 g/mol. The van der Waals surface area contributed by atoms with Crippen LogP contribution in [0.3, 0.4) is 0 Å². The standard InChI is InChI=1S/C18H18O4/c1-13-11-14(2)18(8-6-10-22-16(4)20)12-17(13)7-5-9-21-15(3)19/h11-12H,9-10H2,1-4H3. The first kappa shape index (κ1) is 17.3. The van der Waals surface area contributed by atoms with Gasteiger partial charge in [0.25, 0.3) is 0 Å². The Morgan fingerprint density at radius 1 is 0.864 bits per heavy atom. The van der Waals surface area contributed by atoms with Crippen LogP contribution in [0.2, 0.25) is 0 Å². The van der Waals surface area contributed by atoms with Gasteiger partial charge in [0.2, 0.25) is 0 Å². The quantitative estimate of drug-likeness (QED) is 0.620. The molecule has 0 atom stereocenters. The minimum Gasteiger partial charge on any atom is -0.453 e. The third kappa shape index (κ3) is 6.15. The molecule has 0 saturated carbocycles. The first-order chi connectivity index (χ1) is 10.4. The zero-order chi connectivity index (χ0) is 16.5. The van der Waals surface area contributed by atoms with Crippen molar-refractivity contribution in [1.82, 2.24) is 0 Å². The van der Waals surface area contributed by atoms with Crippen LogP contribution in [-0.4, -0.2) is 25.2 Å². The maximum atomic E-state index is 10.7. The van der Waals surface area contributed by atoms with E-state index in [1.54, 1.807) is 0 Å². The van der Waals surface area contributed by atoms with Crippen LogP contribution in [-0.2, 0) is 19.1 Å². The SMILES string of the molecule is CC(=O)OCC#Cc1cc(C#CCOC(C)=O)c(C)cc1C. The summed E-state index contributed by atoms with van der Waals surface area (Å²) in [7, 11) is 0. The van der Waals surface area contributed by atoms with E-state index in [-0.39, 0.29) is 25.2 Å². The number of rotatable bonds is 2. The molecule has 0 amide bonds. The molecule has 4 nitrogen and oxygen atoms in total. The number of benzene rings is 1. The average Bonchev–Trinajstić information content (AvgIpc) is 2.42. The van der Waals surface area contributed by atoms with Gasteiger partial charge in [0.15, 0.2) is 13.2 Å². The van der Waals surface area contributed by atoms with Crippen LogP contribution < -0.4 is 0 Å². The Kier molecular flexibility index (Phi) is 6.73. The predicted molar refractivity (Wildman–Crippen MR) is 82.9 cm³/mol. The Hall–Kier alpha value is -2.72. The van der Waals surface area contributed by atoms with E-state index in [0.717, 1.165) is 22.3 Å². The lowest BCUT2D eigenvalue weighted by molar-refractivity contribution is -0.140. The molecule has 0 fully saturated rings.